The zero-order valence-corrected chi connectivity index (χ0v) is 11.0. The van der Waals surface area contributed by atoms with Crippen LogP contribution < -0.4 is 0 Å². The zero-order chi connectivity index (χ0) is 9.14. The number of allylic oxidation sites excluding steroid dienone is 4. The molecule has 0 aromatic rings. The molecule has 1 aliphatic carbocycles. The lowest BCUT2D eigenvalue weighted by atomic mass is 10.2. The van der Waals surface area contributed by atoms with Crippen LogP contribution in [-0.4, -0.2) is 17.6 Å². The minimum absolute atomic E-state index is 0.479. The van der Waals surface area contributed by atoms with Crippen LogP contribution in [0.4, 0.5) is 0 Å². The molecule has 0 aromatic heterocycles. The van der Waals surface area contributed by atoms with Crippen molar-refractivity contribution in [1.82, 2.24) is 0 Å². The van der Waals surface area contributed by atoms with Gasteiger partial charge in [0.05, 0.1) is 17.6 Å². The predicted octanol–water partition coefficient (Wildman–Crippen LogP) is 2.68. The molecule has 0 saturated carbocycles. The van der Waals surface area contributed by atoms with Crippen LogP contribution in [0, 0.1) is 0 Å². The molecule has 0 spiro atoms. The molecule has 0 amide bonds. The van der Waals surface area contributed by atoms with Gasteiger partial charge < -0.3 is 0 Å². The van der Waals surface area contributed by atoms with Gasteiger partial charge in [0.25, 0.3) is 0 Å². The van der Waals surface area contributed by atoms with E-state index in [0.29, 0.717) is 0 Å². The molecule has 2 heteroatoms. The lowest BCUT2D eigenvalue weighted by Gasteiger charge is -2.18. The summed E-state index contributed by atoms with van der Waals surface area (Å²) in [6, 6.07) is 0. The van der Waals surface area contributed by atoms with Crippen molar-refractivity contribution in [2.75, 3.05) is 0 Å². The lowest BCUT2D eigenvalue weighted by molar-refractivity contribution is 0.984. The number of hydrogen-bond donors (Lipinski definition) is 0. The molecule has 68 valence electrons. The molecular weight excluding hydrogens is 176 g/mol. The van der Waals surface area contributed by atoms with E-state index in [1.807, 2.05) is 0 Å². The van der Waals surface area contributed by atoms with Crippen LogP contribution in [0.15, 0.2) is 22.5 Å². The summed E-state index contributed by atoms with van der Waals surface area (Å²) in [4.78, 5) is 0. The molecule has 0 nitrogen and oxygen atoms in total. The normalized spacial score (nSPS) is 18.2. The Hall–Kier alpha value is -0.0862. The maximum Gasteiger partial charge on any atom is 0.0595 e. The highest BCUT2D eigenvalue weighted by Gasteiger charge is 2.11. The number of hydrogen-bond acceptors (Lipinski definition) is 0. The van der Waals surface area contributed by atoms with Gasteiger partial charge in [-0.25, -0.2) is 0 Å². The van der Waals surface area contributed by atoms with E-state index in [4.69, 9.17) is 0 Å². The molecule has 1 aliphatic rings. The molecule has 0 saturated heterocycles. The van der Waals surface area contributed by atoms with Crippen LogP contribution >= 0.6 is 0 Å². The van der Waals surface area contributed by atoms with Gasteiger partial charge in [-0.3, -0.25) is 0 Å². The van der Waals surface area contributed by atoms with Gasteiger partial charge in [-0.1, -0.05) is 48.7 Å². The van der Waals surface area contributed by atoms with Gasteiger partial charge >= 0.3 is 0 Å². The highest BCUT2D eigenvalue weighted by molar-refractivity contribution is 6.65. The summed E-state index contributed by atoms with van der Waals surface area (Å²) in [7, 11) is -0.957. The summed E-state index contributed by atoms with van der Waals surface area (Å²) in [5.74, 6) is 0. The highest BCUT2D eigenvalue weighted by Crippen LogP contribution is 2.21. The standard InChI is InChI=1S/C10H20Si2/c1-11(2)9-5-7-10(8-6-9)12(3)4/h5,7,11-12H,6,8H2,1-4H3. The van der Waals surface area contributed by atoms with E-state index >= 15 is 0 Å². The van der Waals surface area contributed by atoms with Gasteiger partial charge in [0.15, 0.2) is 0 Å². The van der Waals surface area contributed by atoms with Crippen molar-refractivity contribution in [3.8, 4) is 0 Å². The van der Waals surface area contributed by atoms with Crippen LogP contribution in [0.25, 0.3) is 0 Å². The Morgan fingerprint density at radius 3 is 1.33 bits per heavy atom. The van der Waals surface area contributed by atoms with Crippen molar-refractivity contribution in [2.45, 2.75) is 39.0 Å². The first kappa shape index (κ1) is 10.00. The zero-order valence-electron chi connectivity index (χ0n) is 8.72. The smallest absolute Gasteiger partial charge is 0.0595 e. The first-order chi connectivity index (χ1) is 5.61. The molecule has 0 atom stereocenters. The van der Waals surface area contributed by atoms with E-state index in [9.17, 15) is 0 Å². The largest absolute Gasteiger partial charge is 0.0843 e. The van der Waals surface area contributed by atoms with Gasteiger partial charge in [-0.2, -0.15) is 0 Å². The second kappa shape index (κ2) is 4.24. The minimum Gasteiger partial charge on any atom is -0.0843 e. The summed E-state index contributed by atoms with van der Waals surface area (Å²) in [5, 5.41) is 3.54. The molecular formula is C10H20Si2. The molecule has 0 heterocycles. The maximum absolute atomic E-state index is 2.43. The second-order valence-corrected chi connectivity index (χ2v) is 10.4. The summed E-state index contributed by atoms with van der Waals surface area (Å²) in [6.45, 7) is 9.71. The third-order valence-corrected chi connectivity index (χ3v) is 6.63. The van der Waals surface area contributed by atoms with Crippen LogP contribution in [-0.2, 0) is 0 Å². The maximum atomic E-state index is 2.43. The Morgan fingerprint density at radius 2 is 1.17 bits per heavy atom. The molecule has 0 aromatic carbocycles. The van der Waals surface area contributed by atoms with E-state index in [1.54, 1.807) is 10.4 Å². The quantitative estimate of drug-likeness (QED) is 0.596. The molecule has 0 N–H and O–H groups in total. The summed E-state index contributed by atoms with van der Waals surface area (Å²) >= 11 is 0. The van der Waals surface area contributed by atoms with Crippen molar-refractivity contribution >= 4 is 17.6 Å². The molecule has 0 aliphatic heterocycles. The molecule has 0 bridgehead atoms. The van der Waals surface area contributed by atoms with E-state index in [-0.39, 0.29) is 0 Å². The van der Waals surface area contributed by atoms with E-state index in [1.165, 1.54) is 12.8 Å². The third-order valence-electron chi connectivity index (χ3n) is 2.70. The second-order valence-electron chi connectivity index (χ2n) is 4.29. The fraction of sp³-hybridized carbons (Fsp3) is 0.600. The van der Waals surface area contributed by atoms with Crippen LogP contribution in [0.3, 0.4) is 0 Å². The Bertz CT molecular complexity index is 188. The van der Waals surface area contributed by atoms with Crippen molar-refractivity contribution in [2.24, 2.45) is 0 Å². The first-order valence-corrected chi connectivity index (χ1v) is 10.8. The minimum atomic E-state index is -0.479. The van der Waals surface area contributed by atoms with E-state index in [2.05, 4.69) is 38.3 Å². The molecule has 0 radical (unpaired) electrons. The third kappa shape index (κ3) is 2.45. The Kier molecular flexibility index (Phi) is 3.53. The summed E-state index contributed by atoms with van der Waals surface area (Å²) in [5.41, 5.74) is 0. The van der Waals surface area contributed by atoms with Crippen LogP contribution in [0.1, 0.15) is 12.8 Å². The van der Waals surface area contributed by atoms with E-state index < -0.39 is 17.6 Å². The lowest BCUT2D eigenvalue weighted by Crippen LogP contribution is -2.13. The first-order valence-electron chi connectivity index (χ1n) is 5.00. The van der Waals surface area contributed by atoms with E-state index in [0.717, 1.165) is 0 Å². The average Bonchev–Trinajstić information content (AvgIpc) is 2.04. The highest BCUT2D eigenvalue weighted by atomic mass is 28.3. The van der Waals surface area contributed by atoms with Gasteiger partial charge in [0.1, 0.15) is 0 Å². The Morgan fingerprint density at radius 1 is 0.833 bits per heavy atom. The topological polar surface area (TPSA) is 0 Å². The number of rotatable bonds is 2. The van der Waals surface area contributed by atoms with Crippen molar-refractivity contribution < 1.29 is 0 Å². The monoisotopic (exact) mass is 196 g/mol. The molecule has 0 unspecified atom stereocenters. The van der Waals surface area contributed by atoms with Gasteiger partial charge in [-0.15, -0.1) is 0 Å². The van der Waals surface area contributed by atoms with Crippen molar-refractivity contribution in [3.05, 3.63) is 22.5 Å². The van der Waals surface area contributed by atoms with Gasteiger partial charge in [0.2, 0.25) is 0 Å². The molecule has 12 heavy (non-hydrogen) atoms. The van der Waals surface area contributed by atoms with Crippen molar-refractivity contribution in [3.63, 3.8) is 0 Å². The van der Waals surface area contributed by atoms with Crippen LogP contribution in [0.2, 0.25) is 26.2 Å². The summed E-state index contributed by atoms with van der Waals surface area (Å²) < 4.78 is 0. The molecule has 0 fully saturated rings. The summed E-state index contributed by atoms with van der Waals surface area (Å²) in [6.07, 6.45) is 7.59. The average molecular weight is 196 g/mol. The van der Waals surface area contributed by atoms with Gasteiger partial charge in [0, 0.05) is 0 Å². The Balaban J connectivity index is 2.66. The van der Waals surface area contributed by atoms with Crippen molar-refractivity contribution in [1.29, 1.82) is 0 Å². The fourth-order valence-corrected chi connectivity index (χ4v) is 4.04. The SMILES string of the molecule is C[SiH](C)C1=CC=C([SiH](C)C)CC1. The Labute approximate surface area is 79.6 Å². The van der Waals surface area contributed by atoms with Crippen LogP contribution in [0.5, 0.6) is 0 Å². The fourth-order valence-electron chi connectivity index (χ4n) is 1.63. The van der Waals surface area contributed by atoms with Gasteiger partial charge in [-0.05, 0) is 12.8 Å². The predicted molar refractivity (Wildman–Crippen MR) is 63.2 cm³/mol. The molecule has 1 rings (SSSR count).